The fraction of sp³-hybridized carbons (Fsp3) is 0.571. The molecule has 4 rings (SSSR count). The van der Waals surface area contributed by atoms with Gasteiger partial charge in [0.05, 0.1) is 17.8 Å². The SMILES string of the molecule is CCc1nc([C@H](C)N[C@@H]2CCC[C@@H]3OCC[C@H]32)oc1-c1ccccc1. The molecule has 0 radical (unpaired) electrons. The molecule has 2 aromatic rings. The maximum atomic E-state index is 6.20. The first-order chi connectivity index (χ1) is 12.3. The predicted octanol–water partition coefficient (Wildman–Crippen LogP) is 4.51. The molecule has 1 aliphatic carbocycles. The van der Waals surface area contributed by atoms with Gasteiger partial charge in [-0.15, -0.1) is 0 Å². The van der Waals surface area contributed by atoms with Gasteiger partial charge < -0.3 is 14.5 Å². The number of nitrogens with one attached hydrogen (secondary N) is 1. The summed E-state index contributed by atoms with van der Waals surface area (Å²) in [5.41, 5.74) is 2.15. The highest BCUT2D eigenvalue weighted by atomic mass is 16.5. The summed E-state index contributed by atoms with van der Waals surface area (Å²) in [6.45, 7) is 5.21. The molecular formula is C21H28N2O2. The molecule has 4 nitrogen and oxygen atoms in total. The van der Waals surface area contributed by atoms with Gasteiger partial charge in [0.1, 0.15) is 0 Å². The topological polar surface area (TPSA) is 47.3 Å². The lowest BCUT2D eigenvalue weighted by Crippen LogP contribution is -2.44. The van der Waals surface area contributed by atoms with Crippen LogP contribution in [-0.4, -0.2) is 23.7 Å². The zero-order valence-electron chi connectivity index (χ0n) is 15.2. The molecule has 1 saturated carbocycles. The van der Waals surface area contributed by atoms with Gasteiger partial charge in [0.2, 0.25) is 5.89 Å². The number of aryl methyl sites for hydroxylation is 1. The van der Waals surface area contributed by atoms with Crippen LogP contribution in [0.5, 0.6) is 0 Å². The smallest absolute Gasteiger partial charge is 0.212 e. The van der Waals surface area contributed by atoms with Gasteiger partial charge in [-0.2, -0.15) is 0 Å². The molecule has 1 aromatic heterocycles. The lowest BCUT2D eigenvalue weighted by molar-refractivity contribution is 0.0508. The lowest BCUT2D eigenvalue weighted by Gasteiger charge is -2.34. The third-order valence-electron chi connectivity index (χ3n) is 5.70. The zero-order chi connectivity index (χ0) is 17.2. The van der Waals surface area contributed by atoms with Gasteiger partial charge >= 0.3 is 0 Å². The Morgan fingerprint density at radius 3 is 2.84 bits per heavy atom. The molecule has 0 bridgehead atoms. The molecule has 134 valence electrons. The van der Waals surface area contributed by atoms with Crippen molar-refractivity contribution >= 4 is 0 Å². The van der Waals surface area contributed by atoms with Gasteiger partial charge in [-0.25, -0.2) is 4.98 Å². The second-order valence-corrected chi connectivity index (χ2v) is 7.34. The Morgan fingerprint density at radius 1 is 1.20 bits per heavy atom. The Bertz CT molecular complexity index is 697. The van der Waals surface area contributed by atoms with E-state index in [1.54, 1.807) is 0 Å². The van der Waals surface area contributed by atoms with Gasteiger partial charge in [0, 0.05) is 24.1 Å². The van der Waals surface area contributed by atoms with E-state index in [9.17, 15) is 0 Å². The lowest BCUT2D eigenvalue weighted by atomic mass is 9.81. The fourth-order valence-electron chi connectivity index (χ4n) is 4.39. The molecule has 4 atom stereocenters. The van der Waals surface area contributed by atoms with Crippen molar-refractivity contribution in [1.29, 1.82) is 0 Å². The number of hydrogen-bond acceptors (Lipinski definition) is 4. The minimum atomic E-state index is 0.118. The van der Waals surface area contributed by atoms with Crippen LogP contribution in [0.4, 0.5) is 0 Å². The summed E-state index contributed by atoms with van der Waals surface area (Å²) in [4.78, 5) is 4.80. The summed E-state index contributed by atoms with van der Waals surface area (Å²) < 4.78 is 12.1. The molecule has 1 aromatic carbocycles. The van der Waals surface area contributed by atoms with Crippen LogP contribution in [0, 0.1) is 5.92 Å². The Kier molecular flexibility index (Phi) is 4.91. The van der Waals surface area contributed by atoms with E-state index in [0.29, 0.717) is 18.1 Å². The highest BCUT2D eigenvalue weighted by Gasteiger charge is 2.38. The number of ether oxygens (including phenoxy) is 1. The zero-order valence-corrected chi connectivity index (χ0v) is 15.2. The number of hydrogen-bond donors (Lipinski definition) is 1. The van der Waals surface area contributed by atoms with E-state index in [0.717, 1.165) is 35.9 Å². The highest BCUT2D eigenvalue weighted by Crippen LogP contribution is 2.36. The average molecular weight is 340 g/mol. The minimum Gasteiger partial charge on any atom is -0.439 e. The van der Waals surface area contributed by atoms with Crippen LogP contribution in [0.1, 0.15) is 57.2 Å². The Balaban J connectivity index is 1.52. The van der Waals surface area contributed by atoms with Crippen molar-refractivity contribution in [3.05, 3.63) is 41.9 Å². The van der Waals surface area contributed by atoms with Crippen LogP contribution in [0.2, 0.25) is 0 Å². The standard InChI is InChI=1S/C21H28N2O2/c1-3-17-20(15-8-5-4-6-9-15)25-21(23-17)14(2)22-18-10-7-11-19-16(18)12-13-24-19/h4-6,8-9,14,16,18-19,22H,3,7,10-13H2,1-2H3/t14-,16-,18+,19-/m0/s1. The largest absolute Gasteiger partial charge is 0.439 e. The summed E-state index contributed by atoms with van der Waals surface area (Å²) in [7, 11) is 0. The van der Waals surface area contributed by atoms with Gasteiger partial charge in [-0.1, -0.05) is 37.3 Å². The van der Waals surface area contributed by atoms with Crippen LogP contribution >= 0.6 is 0 Å². The molecule has 1 N–H and O–H groups in total. The van der Waals surface area contributed by atoms with E-state index in [2.05, 4.69) is 31.3 Å². The summed E-state index contributed by atoms with van der Waals surface area (Å²) in [6.07, 6.45) is 6.19. The van der Waals surface area contributed by atoms with Crippen molar-refractivity contribution in [3.63, 3.8) is 0 Å². The summed E-state index contributed by atoms with van der Waals surface area (Å²) in [5, 5.41) is 3.79. The molecular weight excluding hydrogens is 312 g/mol. The number of aromatic nitrogens is 1. The van der Waals surface area contributed by atoms with E-state index < -0.39 is 0 Å². The van der Waals surface area contributed by atoms with Crippen molar-refractivity contribution in [1.82, 2.24) is 10.3 Å². The third-order valence-corrected chi connectivity index (χ3v) is 5.70. The maximum Gasteiger partial charge on any atom is 0.212 e. The van der Waals surface area contributed by atoms with E-state index in [-0.39, 0.29) is 6.04 Å². The normalized spacial score (nSPS) is 27.2. The van der Waals surface area contributed by atoms with Crippen molar-refractivity contribution in [3.8, 4) is 11.3 Å². The van der Waals surface area contributed by atoms with E-state index in [1.807, 2.05) is 18.2 Å². The van der Waals surface area contributed by atoms with Crippen molar-refractivity contribution < 1.29 is 9.15 Å². The monoisotopic (exact) mass is 340 g/mol. The number of fused-ring (bicyclic) bond motifs is 1. The molecule has 2 aliphatic rings. The summed E-state index contributed by atoms with van der Waals surface area (Å²) in [5.74, 6) is 2.36. The molecule has 2 fully saturated rings. The molecule has 2 heterocycles. The highest BCUT2D eigenvalue weighted by molar-refractivity contribution is 5.59. The van der Waals surface area contributed by atoms with E-state index in [1.165, 1.54) is 25.7 Å². The number of nitrogens with zero attached hydrogens (tertiary/aromatic N) is 1. The van der Waals surface area contributed by atoms with Crippen LogP contribution in [-0.2, 0) is 11.2 Å². The fourth-order valence-corrected chi connectivity index (χ4v) is 4.39. The van der Waals surface area contributed by atoms with Crippen LogP contribution in [0.3, 0.4) is 0 Å². The van der Waals surface area contributed by atoms with Crippen LogP contribution in [0.25, 0.3) is 11.3 Å². The maximum absolute atomic E-state index is 6.20. The minimum absolute atomic E-state index is 0.118. The second kappa shape index (κ2) is 7.30. The van der Waals surface area contributed by atoms with Gasteiger partial charge in [-0.3, -0.25) is 0 Å². The van der Waals surface area contributed by atoms with Crippen molar-refractivity contribution in [2.45, 2.75) is 64.1 Å². The molecule has 0 unspecified atom stereocenters. The molecule has 0 amide bonds. The van der Waals surface area contributed by atoms with Crippen molar-refractivity contribution in [2.24, 2.45) is 5.92 Å². The third kappa shape index (κ3) is 3.38. The van der Waals surface area contributed by atoms with Gasteiger partial charge in [0.25, 0.3) is 0 Å². The summed E-state index contributed by atoms with van der Waals surface area (Å²) >= 11 is 0. The first-order valence-electron chi connectivity index (χ1n) is 9.69. The Hall–Kier alpha value is -1.65. The van der Waals surface area contributed by atoms with Gasteiger partial charge in [-0.05, 0) is 39.0 Å². The Labute approximate surface area is 150 Å². The quantitative estimate of drug-likeness (QED) is 0.870. The Morgan fingerprint density at radius 2 is 2.04 bits per heavy atom. The number of oxazole rings is 1. The van der Waals surface area contributed by atoms with Crippen LogP contribution in [0.15, 0.2) is 34.7 Å². The van der Waals surface area contributed by atoms with E-state index in [4.69, 9.17) is 14.1 Å². The number of rotatable bonds is 5. The summed E-state index contributed by atoms with van der Waals surface area (Å²) in [6, 6.07) is 10.9. The van der Waals surface area contributed by atoms with Crippen molar-refractivity contribution in [2.75, 3.05) is 6.61 Å². The van der Waals surface area contributed by atoms with Gasteiger partial charge in [0.15, 0.2) is 5.76 Å². The molecule has 1 aliphatic heterocycles. The van der Waals surface area contributed by atoms with E-state index >= 15 is 0 Å². The predicted molar refractivity (Wildman–Crippen MR) is 98.4 cm³/mol. The van der Waals surface area contributed by atoms with Crippen LogP contribution < -0.4 is 5.32 Å². The average Bonchev–Trinajstić information content (AvgIpc) is 3.30. The molecule has 25 heavy (non-hydrogen) atoms. The second-order valence-electron chi connectivity index (χ2n) is 7.34. The molecule has 4 heteroatoms. The number of benzene rings is 1. The first-order valence-corrected chi connectivity index (χ1v) is 9.69. The molecule has 0 spiro atoms. The molecule has 1 saturated heterocycles. The first kappa shape index (κ1) is 16.8.